The number of ether oxygens (including phenoxy) is 6. The monoisotopic (exact) mass is 560 g/mol. The standard InChI is InChI=1S/C16H21NO4.C13H19NO4.CH4/c1-10(17-3)8-12-4-5-15-16(21-12)7-6-13(19-11(2)18)14(9-16)20-15;1-8(14-2)5-9-3-4-11-13(18-9)6-10(17-11)12(15)16-7-13;/h6-7,10,12-15H,4-5,8-9H2,1-2H3;8-12,15H,3-7H2,1H3;1H4/t10-,12-,13-,14-,15+,16+;8-,9-,10-,11+,12?,13-;/m11./s1. The fourth-order valence-electron chi connectivity index (χ4n) is 6.98. The number of esters is 1. The number of carbonyl (C=O) groups is 1. The van der Waals surface area contributed by atoms with Gasteiger partial charge in [-0.25, -0.2) is 13.1 Å². The zero-order valence-corrected chi connectivity index (χ0v) is 23.0. The number of hydrogen-bond acceptors (Lipinski definition) is 8. The van der Waals surface area contributed by atoms with Crippen molar-refractivity contribution in [2.75, 3.05) is 6.61 Å². The largest absolute Gasteiger partial charge is 0.456 e. The van der Waals surface area contributed by atoms with Gasteiger partial charge in [0.2, 0.25) is 12.1 Å². The third kappa shape index (κ3) is 6.23. The van der Waals surface area contributed by atoms with Crippen LogP contribution in [0.3, 0.4) is 0 Å². The minimum Gasteiger partial charge on any atom is -0.456 e. The van der Waals surface area contributed by atoms with Crippen molar-refractivity contribution in [3.05, 3.63) is 35.0 Å². The number of aliphatic hydroxyl groups is 1. The molecule has 5 aliphatic heterocycles. The molecule has 1 N–H and O–H groups in total. The first-order valence-electron chi connectivity index (χ1n) is 14.2. The molecule has 0 aromatic rings. The second-order valence-electron chi connectivity index (χ2n) is 12.0. The van der Waals surface area contributed by atoms with Gasteiger partial charge >= 0.3 is 5.97 Å². The predicted octanol–water partition coefficient (Wildman–Crippen LogP) is 4.01. The summed E-state index contributed by atoms with van der Waals surface area (Å²) in [5, 5.41) is 9.65. The highest BCUT2D eigenvalue weighted by Crippen LogP contribution is 2.48. The summed E-state index contributed by atoms with van der Waals surface area (Å²) in [7, 11) is 0. The quantitative estimate of drug-likeness (QED) is 0.306. The van der Waals surface area contributed by atoms with Crippen LogP contribution in [0.2, 0.25) is 0 Å². The molecule has 0 aromatic carbocycles. The molecule has 5 heterocycles. The normalized spacial score (nSPS) is 43.8. The summed E-state index contributed by atoms with van der Waals surface area (Å²) in [6.45, 7) is 19.8. The Bertz CT molecular complexity index is 1020. The molecular formula is C30H44N2O8. The van der Waals surface area contributed by atoms with E-state index in [1.54, 1.807) is 0 Å². The van der Waals surface area contributed by atoms with Crippen LogP contribution >= 0.6 is 0 Å². The minimum absolute atomic E-state index is 0. The number of hydrogen-bond donors (Lipinski definition) is 1. The van der Waals surface area contributed by atoms with Gasteiger partial charge in [0.05, 0.1) is 31.0 Å². The van der Waals surface area contributed by atoms with Gasteiger partial charge in [-0.15, -0.1) is 0 Å². The fourth-order valence-corrected chi connectivity index (χ4v) is 6.98. The van der Waals surface area contributed by atoms with E-state index >= 15 is 0 Å². The second-order valence-corrected chi connectivity index (χ2v) is 12.0. The van der Waals surface area contributed by atoms with Crippen molar-refractivity contribution < 1.29 is 38.3 Å². The molecule has 6 rings (SSSR count). The minimum atomic E-state index is -0.814. The average Bonchev–Trinajstić information content (AvgIpc) is 3.40. The van der Waals surface area contributed by atoms with Crippen LogP contribution in [-0.4, -0.2) is 90.0 Å². The molecule has 12 atom stereocenters. The van der Waals surface area contributed by atoms with E-state index in [0.29, 0.717) is 13.0 Å². The van der Waals surface area contributed by atoms with Gasteiger partial charge in [0, 0.05) is 46.5 Å². The summed E-state index contributed by atoms with van der Waals surface area (Å²) < 4.78 is 35.0. The van der Waals surface area contributed by atoms with E-state index in [1.807, 2.05) is 26.0 Å². The van der Waals surface area contributed by atoms with E-state index in [4.69, 9.17) is 41.6 Å². The van der Waals surface area contributed by atoms with Crippen LogP contribution in [0.15, 0.2) is 12.2 Å². The molecule has 1 unspecified atom stereocenters. The lowest BCUT2D eigenvalue weighted by Gasteiger charge is -2.42. The predicted molar refractivity (Wildman–Crippen MR) is 145 cm³/mol. The smallest absolute Gasteiger partial charge is 0.303 e. The molecule has 5 saturated heterocycles. The Morgan fingerprint density at radius 1 is 1.00 bits per heavy atom. The maximum atomic E-state index is 11.1. The molecule has 6 aliphatic rings. The van der Waals surface area contributed by atoms with Crippen molar-refractivity contribution in [3.8, 4) is 0 Å². The van der Waals surface area contributed by atoms with Gasteiger partial charge in [0.25, 0.3) is 0 Å². The highest BCUT2D eigenvalue weighted by Gasteiger charge is 2.58. The molecule has 10 nitrogen and oxygen atoms in total. The van der Waals surface area contributed by atoms with E-state index < -0.39 is 6.29 Å². The molecule has 1 aliphatic carbocycles. The maximum absolute atomic E-state index is 11.1. The Morgan fingerprint density at radius 2 is 1.62 bits per heavy atom. The van der Waals surface area contributed by atoms with Gasteiger partial charge in [-0.2, -0.15) is 0 Å². The maximum Gasteiger partial charge on any atom is 0.303 e. The number of aliphatic hydroxyl groups excluding tert-OH is 1. The summed E-state index contributed by atoms with van der Waals surface area (Å²) in [5.41, 5.74) is -0.763. The zero-order chi connectivity index (χ0) is 27.8. The molecule has 2 spiro atoms. The number of rotatable bonds is 5. The van der Waals surface area contributed by atoms with E-state index in [-0.39, 0.29) is 79.4 Å². The Labute approximate surface area is 237 Å². The summed E-state index contributed by atoms with van der Waals surface area (Å²) >= 11 is 0. The molecule has 0 amide bonds. The molecule has 40 heavy (non-hydrogen) atoms. The van der Waals surface area contributed by atoms with Gasteiger partial charge in [0.1, 0.15) is 29.5 Å². The van der Waals surface area contributed by atoms with Crippen LogP contribution in [0.4, 0.5) is 0 Å². The second kappa shape index (κ2) is 12.4. The highest BCUT2D eigenvalue weighted by molar-refractivity contribution is 5.66. The summed E-state index contributed by atoms with van der Waals surface area (Å²) in [6, 6.07) is -0.0152. The SMILES string of the molecule is C.[C-]#[N+][C@H](C)C[C@H]1CC[C@@H]2O[C@@H]3C[C@]2(C=C[C@H]3OC(C)=O)O1.[C-]#[N+][C@H](C)C[C@H]1CC[C@@H]2O[C@@H]3C[C@]2(COC3O)O1. The first-order valence-corrected chi connectivity index (χ1v) is 14.2. The van der Waals surface area contributed by atoms with Crippen molar-refractivity contribution in [2.45, 2.75) is 152 Å². The summed E-state index contributed by atoms with van der Waals surface area (Å²) in [4.78, 5) is 18.2. The third-order valence-corrected chi connectivity index (χ3v) is 8.87. The van der Waals surface area contributed by atoms with Gasteiger partial charge in [-0.3, -0.25) is 4.79 Å². The highest BCUT2D eigenvalue weighted by atomic mass is 16.7. The van der Waals surface area contributed by atoms with Crippen molar-refractivity contribution in [1.29, 1.82) is 0 Å². The third-order valence-electron chi connectivity index (χ3n) is 8.87. The van der Waals surface area contributed by atoms with Crippen molar-refractivity contribution in [2.24, 2.45) is 0 Å². The van der Waals surface area contributed by atoms with Crippen molar-refractivity contribution in [1.82, 2.24) is 0 Å². The van der Waals surface area contributed by atoms with Crippen LogP contribution in [0.5, 0.6) is 0 Å². The molecule has 0 aromatic heterocycles. The average molecular weight is 561 g/mol. The fraction of sp³-hybridized carbons (Fsp3) is 0.833. The topological polar surface area (TPSA) is 101 Å². The van der Waals surface area contributed by atoms with Gasteiger partial charge in [-0.05, 0) is 31.8 Å². The molecule has 0 radical (unpaired) electrons. The van der Waals surface area contributed by atoms with Crippen LogP contribution in [0, 0.1) is 13.1 Å². The Kier molecular flexibility index (Phi) is 9.61. The molecule has 222 valence electrons. The molecule has 5 fully saturated rings. The molecule has 4 bridgehead atoms. The lowest BCUT2D eigenvalue weighted by Crippen LogP contribution is -2.54. The number of carbonyl (C=O) groups excluding carboxylic acids is 1. The summed E-state index contributed by atoms with van der Waals surface area (Å²) in [6.07, 6.45) is 9.44. The van der Waals surface area contributed by atoms with E-state index in [1.165, 1.54) is 6.92 Å². The van der Waals surface area contributed by atoms with Crippen molar-refractivity contribution in [3.63, 3.8) is 0 Å². The summed E-state index contributed by atoms with van der Waals surface area (Å²) in [5.74, 6) is -0.288. The molecule has 10 heteroatoms. The van der Waals surface area contributed by atoms with Gasteiger partial charge < -0.3 is 43.2 Å². The van der Waals surface area contributed by atoms with E-state index in [0.717, 1.165) is 44.9 Å². The van der Waals surface area contributed by atoms with Crippen LogP contribution in [0.25, 0.3) is 9.69 Å². The van der Waals surface area contributed by atoms with E-state index in [2.05, 4.69) is 9.69 Å². The van der Waals surface area contributed by atoms with Crippen LogP contribution in [0.1, 0.15) is 79.6 Å². The molecular weight excluding hydrogens is 516 g/mol. The molecule has 0 saturated carbocycles. The Balaban J connectivity index is 0.000000182. The van der Waals surface area contributed by atoms with Gasteiger partial charge in [-0.1, -0.05) is 13.5 Å². The lowest BCUT2D eigenvalue weighted by molar-refractivity contribution is -0.223. The van der Waals surface area contributed by atoms with E-state index in [9.17, 15) is 9.90 Å². The Morgan fingerprint density at radius 3 is 2.27 bits per heavy atom. The Hall–Kier alpha value is -2.05. The first-order chi connectivity index (χ1) is 18.6. The zero-order valence-electron chi connectivity index (χ0n) is 23.0. The van der Waals surface area contributed by atoms with Crippen LogP contribution < -0.4 is 0 Å². The first kappa shape index (κ1) is 30.9. The van der Waals surface area contributed by atoms with Crippen LogP contribution in [-0.2, 0) is 33.2 Å². The number of fused-ring (bicyclic) bond motifs is 2. The van der Waals surface area contributed by atoms with Gasteiger partial charge in [0.15, 0.2) is 6.29 Å². The van der Waals surface area contributed by atoms with Crippen molar-refractivity contribution >= 4 is 5.97 Å². The lowest BCUT2D eigenvalue weighted by atomic mass is 9.82. The number of nitrogens with zero attached hydrogens (tertiary/aromatic N) is 2.